The van der Waals surface area contributed by atoms with Crippen LogP contribution in [0.2, 0.25) is 0 Å². The topological polar surface area (TPSA) is 72.1 Å². The van der Waals surface area contributed by atoms with Gasteiger partial charge >= 0.3 is 18.5 Å². The van der Waals surface area contributed by atoms with E-state index in [1.54, 1.807) is 30.6 Å². The van der Waals surface area contributed by atoms with Gasteiger partial charge in [0.15, 0.2) is 5.69 Å². The van der Waals surface area contributed by atoms with E-state index in [0.717, 1.165) is 17.2 Å². The Morgan fingerprint density at radius 1 is 0.886 bits per heavy atom. The standard InChI is InChI=1S/C16H13F3N4O.C4H4F6O/c1-20-12-6-14(16(17,18)19)23-15(7-12)24-13-4-2-3-10(5-13)11-8-21-22-9-11;5-3(6,7)1-11-2-4(8,9)10/h2-9H,1H3,(H,20,23)(H,21,22);1-2H2. The predicted molar refractivity (Wildman–Crippen MR) is 106 cm³/mol. The number of hydrogen-bond donors (Lipinski definition) is 2. The third kappa shape index (κ3) is 10.1. The Hall–Kier alpha value is -3.49. The fourth-order valence-electron chi connectivity index (χ4n) is 2.40. The van der Waals surface area contributed by atoms with E-state index in [0.29, 0.717) is 5.75 Å². The zero-order chi connectivity index (χ0) is 26.3. The molecule has 3 aromatic rings. The van der Waals surface area contributed by atoms with Crippen LogP contribution in [0.3, 0.4) is 0 Å². The highest BCUT2D eigenvalue weighted by Crippen LogP contribution is 2.33. The number of ether oxygens (including phenoxy) is 2. The number of H-pyrrole nitrogens is 1. The molecule has 0 saturated carbocycles. The molecule has 0 fully saturated rings. The summed E-state index contributed by atoms with van der Waals surface area (Å²) in [7, 11) is 1.53. The maximum Gasteiger partial charge on any atom is 0.433 e. The van der Waals surface area contributed by atoms with Gasteiger partial charge in [0, 0.05) is 30.6 Å². The second-order valence-corrected chi connectivity index (χ2v) is 6.67. The number of nitrogens with one attached hydrogen (secondary N) is 2. The third-order valence-corrected chi connectivity index (χ3v) is 3.80. The number of aromatic nitrogens is 3. The van der Waals surface area contributed by atoms with Crippen LogP contribution in [-0.4, -0.2) is 47.8 Å². The first kappa shape index (κ1) is 27.8. The Labute approximate surface area is 192 Å². The predicted octanol–water partition coefficient (Wildman–Crippen LogP) is 6.45. The zero-order valence-electron chi connectivity index (χ0n) is 17.6. The lowest BCUT2D eigenvalue weighted by Crippen LogP contribution is -2.23. The molecule has 0 bridgehead atoms. The van der Waals surface area contributed by atoms with Gasteiger partial charge in [0.25, 0.3) is 0 Å². The second-order valence-electron chi connectivity index (χ2n) is 6.67. The summed E-state index contributed by atoms with van der Waals surface area (Å²) in [5.41, 5.74) is 0.907. The molecule has 15 heteroatoms. The van der Waals surface area contributed by atoms with Crippen LogP contribution in [-0.2, 0) is 10.9 Å². The average molecular weight is 516 g/mol. The monoisotopic (exact) mass is 516 g/mol. The van der Waals surface area contributed by atoms with Crippen molar-refractivity contribution in [3.8, 4) is 22.8 Å². The number of aromatic amines is 1. The summed E-state index contributed by atoms with van der Waals surface area (Å²) in [5, 5.41) is 9.23. The molecule has 0 unspecified atom stereocenters. The van der Waals surface area contributed by atoms with Crippen LogP contribution < -0.4 is 10.1 Å². The molecule has 0 saturated heterocycles. The molecule has 0 spiro atoms. The van der Waals surface area contributed by atoms with Crippen molar-refractivity contribution in [2.45, 2.75) is 18.5 Å². The fraction of sp³-hybridized carbons (Fsp3) is 0.300. The molecule has 6 nitrogen and oxygen atoms in total. The molecule has 3 rings (SSSR count). The molecule has 0 aliphatic rings. The lowest BCUT2D eigenvalue weighted by molar-refractivity contribution is -0.219. The van der Waals surface area contributed by atoms with Gasteiger partial charge in [-0.15, -0.1) is 0 Å². The number of hydrogen-bond acceptors (Lipinski definition) is 5. The zero-order valence-corrected chi connectivity index (χ0v) is 17.6. The molecule has 0 aliphatic heterocycles. The third-order valence-electron chi connectivity index (χ3n) is 3.80. The first-order valence-electron chi connectivity index (χ1n) is 9.41. The second kappa shape index (κ2) is 11.3. The minimum Gasteiger partial charge on any atom is -0.439 e. The Kier molecular flexibility index (Phi) is 8.95. The van der Waals surface area contributed by atoms with E-state index in [1.165, 1.54) is 13.1 Å². The van der Waals surface area contributed by atoms with Gasteiger partial charge in [-0.2, -0.15) is 44.6 Å². The molecule has 35 heavy (non-hydrogen) atoms. The summed E-state index contributed by atoms with van der Waals surface area (Å²) in [4.78, 5) is 3.53. The number of alkyl halides is 9. The molecule has 2 heterocycles. The summed E-state index contributed by atoms with van der Waals surface area (Å²) < 4.78 is 114. The highest BCUT2D eigenvalue weighted by Gasteiger charge is 2.34. The van der Waals surface area contributed by atoms with Crippen LogP contribution in [0.15, 0.2) is 48.8 Å². The van der Waals surface area contributed by atoms with Crippen molar-refractivity contribution in [3.63, 3.8) is 0 Å². The minimum absolute atomic E-state index is 0.140. The van der Waals surface area contributed by atoms with Crippen LogP contribution in [0, 0.1) is 0 Å². The molecular formula is C20H17F9N4O2. The van der Waals surface area contributed by atoms with Crippen molar-refractivity contribution in [1.82, 2.24) is 15.2 Å². The van der Waals surface area contributed by atoms with Crippen LogP contribution in [0.5, 0.6) is 11.6 Å². The minimum atomic E-state index is -4.70. The van der Waals surface area contributed by atoms with E-state index in [1.807, 2.05) is 6.07 Å². The number of rotatable bonds is 6. The van der Waals surface area contributed by atoms with E-state index in [9.17, 15) is 39.5 Å². The maximum atomic E-state index is 12.9. The lowest BCUT2D eigenvalue weighted by atomic mass is 10.1. The van der Waals surface area contributed by atoms with Gasteiger partial charge in [-0.05, 0) is 23.8 Å². The smallest absolute Gasteiger partial charge is 0.433 e. The SMILES string of the molecule is CNc1cc(Oc2cccc(-c3cn[nH]c3)c2)nc(C(F)(F)F)c1.FC(F)(F)COCC(F)(F)F. The summed E-state index contributed by atoms with van der Waals surface area (Å²) in [6.45, 7) is -3.74. The van der Waals surface area contributed by atoms with Crippen molar-refractivity contribution in [1.29, 1.82) is 0 Å². The molecular weight excluding hydrogens is 499 g/mol. The molecule has 192 valence electrons. The Morgan fingerprint density at radius 2 is 1.54 bits per heavy atom. The molecule has 1 aromatic carbocycles. The Morgan fingerprint density at radius 3 is 2.06 bits per heavy atom. The number of halogens is 9. The van der Waals surface area contributed by atoms with Crippen molar-refractivity contribution >= 4 is 5.69 Å². The first-order chi connectivity index (χ1) is 16.2. The van der Waals surface area contributed by atoms with Gasteiger partial charge in [-0.25, -0.2) is 4.98 Å². The van der Waals surface area contributed by atoms with Crippen LogP contribution in [0.4, 0.5) is 45.2 Å². The van der Waals surface area contributed by atoms with E-state index >= 15 is 0 Å². The van der Waals surface area contributed by atoms with Gasteiger partial charge in [0.05, 0.1) is 6.20 Å². The number of anilines is 1. The molecule has 2 aromatic heterocycles. The average Bonchev–Trinajstić information content (AvgIpc) is 3.26. The van der Waals surface area contributed by atoms with Crippen LogP contribution in [0.1, 0.15) is 5.69 Å². The number of nitrogens with zero attached hydrogens (tertiary/aromatic N) is 2. The van der Waals surface area contributed by atoms with Gasteiger partial charge in [-0.3, -0.25) is 5.10 Å². The van der Waals surface area contributed by atoms with Crippen molar-refractivity contribution in [2.24, 2.45) is 0 Å². The normalized spacial score (nSPS) is 12.1. The molecule has 2 N–H and O–H groups in total. The van der Waals surface area contributed by atoms with Crippen molar-refractivity contribution in [2.75, 3.05) is 25.6 Å². The van der Waals surface area contributed by atoms with Crippen LogP contribution in [0.25, 0.3) is 11.1 Å². The summed E-state index contributed by atoms with van der Waals surface area (Å²) >= 11 is 0. The molecule has 0 amide bonds. The highest BCUT2D eigenvalue weighted by molar-refractivity contribution is 5.63. The summed E-state index contributed by atoms with van der Waals surface area (Å²) in [5.74, 6) is 0.237. The number of pyridine rings is 1. The van der Waals surface area contributed by atoms with Crippen molar-refractivity contribution in [3.05, 3.63) is 54.5 Å². The van der Waals surface area contributed by atoms with Crippen LogP contribution >= 0.6 is 0 Å². The molecule has 0 aliphatic carbocycles. The van der Waals surface area contributed by atoms with Gasteiger partial charge < -0.3 is 14.8 Å². The molecule has 0 radical (unpaired) electrons. The summed E-state index contributed by atoms with van der Waals surface area (Å²) in [6, 6.07) is 9.26. The van der Waals surface area contributed by atoms with Gasteiger partial charge in [0.1, 0.15) is 19.0 Å². The lowest BCUT2D eigenvalue weighted by Gasteiger charge is -2.12. The van der Waals surface area contributed by atoms with Gasteiger partial charge in [0.2, 0.25) is 5.88 Å². The summed E-state index contributed by atoms with van der Waals surface area (Å²) in [6.07, 6.45) is -10.6. The van der Waals surface area contributed by atoms with E-state index in [-0.39, 0.29) is 11.6 Å². The maximum absolute atomic E-state index is 12.9. The largest absolute Gasteiger partial charge is 0.439 e. The van der Waals surface area contributed by atoms with E-state index in [2.05, 4.69) is 25.2 Å². The fourth-order valence-corrected chi connectivity index (χ4v) is 2.40. The first-order valence-corrected chi connectivity index (χ1v) is 9.41. The van der Waals surface area contributed by atoms with Gasteiger partial charge in [-0.1, -0.05) is 12.1 Å². The quantitative estimate of drug-likeness (QED) is 0.369. The number of benzene rings is 1. The Balaban J connectivity index is 0.000000334. The van der Waals surface area contributed by atoms with Crippen molar-refractivity contribution < 1.29 is 49.0 Å². The van der Waals surface area contributed by atoms with E-state index < -0.39 is 37.4 Å². The molecule has 0 atom stereocenters. The highest BCUT2D eigenvalue weighted by atomic mass is 19.4. The Bertz CT molecular complexity index is 1050. The van der Waals surface area contributed by atoms with E-state index in [4.69, 9.17) is 4.74 Å².